The SMILES string of the molecule is CC[C@H](C)[C@H](NC(=O)C(C)(C)[N+](C)(C)Cc1ccc(NC(=O)[C@H](C)N)cc1)C(=O)N(C)[C@H](C[C@@H](OC(C)=O)c1nc(C(=O)N[C@@H](Cc2ccccc2)C[C@H](C)C(=O)O)cs1)C(C)C. The summed E-state index contributed by atoms with van der Waals surface area (Å²) in [5.74, 6) is -3.92. The molecular formula is C47H70N7O8S+. The van der Waals surface area contributed by atoms with Gasteiger partial charge in [0.1, 0.15) is 23.3 Å². The second kappa shape index (κ2) is 22.9. The van der Waals surface area contributed by atoms with Gasteiger partial charge in [-0.05, 0) is 63.1 Å². The zero-order chi connectivity index (χ0) is 47.4. The average molecular weight is 893 g/mol. The highest BCUT2D eigenvalue weighted by molar-refractivity contribution is 7.09. The number of aromatic nitrogens is 1. The van der Waals surface area contributed by atoms with Gasteiger partial charge in [-0.25, -0.2) is 4.98 Å². The molecule has 346 valence electrons. The number of carboxylic acid groups (broad SMARTS) is 1. The third kappa shape index (κ3) is 14.7. The number of quaternary nitrogens is 1. The molecule has 0 bridgehead atoms. The number of amides is 4. The minimum Gasteiger partial charge on any atom is -0.481 e. The van der Waals surface area contributed by atoms with Crippen LogP contribution in [0.25, 0.3) is 0 Å². The number of benzene rings is 2. The molecule has 0 fully saturated rings. The Labute approximate surface area is 377 Å². The van der Waals surface area contributed by atoms with E-state index in [0.717, 1.165) is 22.5 Å². The first kappa shape index (κ1) is 52.2. The highest BCUT2D eigenvalue weighted by Crippen LogP contribution is 2.32. The summed E-state index contributed by atoms with van der Waals surface area (Å²) in [6.45, 7) is 16.5. The first-order valence-corrected chi connectivity index (χ1v) is 22.5. The maximum atomic E-state index is 14.6. The van der Waals surface area contributed by atoms with Crippen molar-refractivity contribution in [3.63, 3.8) is 0 Å². The Morgan fingerprint density at radius 3 is 2.08 bits per heavy atom. The van der Waals surface area contributed by atoms with Crippen LogP contribution in [0.1, 0.15) is 114 Å². The number of carbonyl (C=O) groups is 6. The summed E-state index contributed by atoms with van der Waals surface area (Å²) in [4.78, 5) is 85.0. The van der Waals surface area contributed by atoms with E-state index in [0.29, 0.717) is 30.1 Å². The Hall–Kier alpha value is -5.19. The van der Waals surface area contributed by atoms with Crippen LogP contribution in [0, 0.1) is 17.8 Å². The van der Waals surface area contributed by atoms with Crippen molar-refractivity contribution in [1.82, 2.24) is 20.5 Å². The van der Waals surface area contributed by atoms with Gasteiger partial charge in [0, 0.05) is 49.1 Å². The number of rotatable bonds is 23. The first-order chi connectivity index (χ1) is 29.4. The number of hydrogen-bond acceptors (Lipinski definition) is 10. The van der Waals surface area contributed by atoms with Gasteiger partial charge >= 0.3 is 11.9 Å². The Balaban J connectivity index is 1.82. The molecule has 2 aromatic carbocycles. The number of nitrogens with one attached hydrogen (secondary N) is 3. The highest BCUT2D eigenvalue weighted by Gasteiger charge is 2.46. The van der Waals surface area contributed by atoms with Crippen LogP contribution in [0.4, 0.5) is 5.69 Å². The van der Waals surface area contributed by atoms with Gasteiger partial charge in [0.15, 0.2) is 11.6 Å². The van der Waals surface area contributed by atoms with E-state index in [9.17, 15) is 33.9 Å². The molecule has 6 N–H and O–H groups in total. The quantitative estimate of drug-likeness (QED) is 0.0559. The monoisotopic (exact) mass is 893 g/mol. The zero-order valence-corrected chi connectivity index (χ0v) is 39.9. The number of nitrogens with two attached hydrogens (primary N) is 1. The molecule has 0 saturated carbocycles. The van der Waals surface area contributed by atoms with Crippen LogP contribution >= 0.6 is 11.3 Å². The van der Waals surface area contributed by atoms with E-state index in [-0.39, 0.29) is 52.6 Å². The van der Waals surface area contributed by atoms with Crippen molar-refractivity contribution in [2.75, 3.05) is 26.5 Å². The van der Waals surface area contributed by atoms with Gasteiger partial charge in [-0.2, -0.15) is 0 Å². The van der Waals surface area contributed by atoms with Crippen LogP contribution in [-0.4, -0.2) is 106 Å². The number of esters is 1. The Bertz CT molecular complexity index is 2020. The maximum absolute atomic E-state index is 14.6. The van der Waals surface area contributed by atoms with E-state index in [1.165, 1.54) is 6.92 Å². The molecule has 1 aromatic heterocycles. The number of carboxylic acids is 1. The number of likely N-dealkylation sites (N-methyl/N-ethyl adjacent to an activating group) is 2. The molecular weight excluding hydrogens is 823 g/mol. The Morgan fingerprint density at radius 1 is 0.921 bits per heavy atom. The van der Waals surface area contributed by atoms with E-state index in [2.05, 4.69) is 20.9 Å². The predicted molar refractivity (Wildman–Crippen MR) is 245 cm³/mol. The van der Waals surface area contributed by atoms with Crippen molar-refractivity contribution in [3.8, 4) is 0 Å². The van der Waals surface area contributed by atoms with Gasteiger partial charge in [0.05, 0.1) is 26.1 Å². The highest BCUT2D eigenvalue weighted by atomic mass is 32.1. The lowest BCUT2D eigenvalue weighted by atomic mass is 9.91. The minimum absolute atomic E-state index is 0.102. The summed E-state index contributed by atoms with van der Waals surface area (Å²) in [5, 5.41) is 20.4. The minimum atomic E-state index is -0.991. The first-order valence-electron chi connectivity index (χ1n) is 21.6. The molecule has 4 amide bonds. The van der Waals surface area contributed by atoms with Crippen molar-refractivity contribution < 1.29 is 43.1 Å². The molecule has 3 rings (SSSR count). The van der Waals surface area contributed by atoms with Gasteiger partial charge in [-0.3, -0.25) is 28.8 Å². The normalized spacial score (nSPS) is 15.2. The standard InChI is InChI=1S/C47H69N7O8S/c1-13-29(4)40(52-46(61)47(8,9)54(11,12)26-34-19-21-35(22-20-34)49-41(56)31(6)48)44(58)53(10)38(28(2)3)25-39(62-32(7)55)43-51-37(27-63-43)42(57)50-36(23-30(5)45(59)60)24-33-17-15-14-16-18-33/h14-22,27-31,36,38-40H,13,23-26,48H2,1-12H3,(H3-,49,50,52,56,57,59,60,61)/p+1/t29-,30-,31-,36+,38+,39+,40-/m0/s1. The molecule has 16 heteroatoms. The van der Waals surface area contributed by atoms with Crippen LogP contribution in [0.2, 0.25) is 0 Å². The number of nitrogens with zero attached hydrogens (tertiary/aromatic N) is 3. The number of thiazole rings is 1. The third-order valence-corrected chi connectivity index (χ3v) is 13.1. The largest absolute Gasteiger partial charge is 0.481 e. The molecule has 0 spiro atoms. The fourth-order valence-corrected chi connectivity index (χ4v) is 8.02. The number of ether oxygens (including phenoxy) is 1. The van der Waals surface area contributed by atoms with Crippen LogP contribution in [-0.2, 0) is 41.7 Å². The summed E-state index contributed by atoms with van der Waals surface area (Å²) in [7, 11) is 5.60. The van der Waals surface area contributed by atoms with Gasteiger partial charge < -0.3 is 40.9 Å². The second-order valence-corrected chi connectivity index (χ2v) is 19.1. The number of aliphatic carboxylic acids is 1. The van der Waals surface area contributed by atoms with Crippen molar-refractivity contribution in [3.05, 3.63) is 81.8 Å². The lowest BCUT2D eigenvalue weighted by molar-refractivity contribution is -0.940. The van der Waals surface area contributed by atoms with Crippen molar-refractivity contribution in [1.29, 1.82) is 0 Å². The number of carbonyl (C=O) groups excluding carboxylic acids is 5. The molecule has 3 aromatic rings. The van der Waals surface area contributed by atoms with Gasteiger partial charge in [-0.1, -0.05) is 83.5 Å². The average Bonchev–Trinajstić information content (AvgIpc) is 3.72. The molecule has 1 heterocycles. The molecule has 0 radical (unpaired) electrons. The Kier molecular flexibility index (Phi) is 19.0. The van der Waals surface area contributed by atoms with E-state index in [4.69, 9.17) is 10.5 Å². The molecule has 0 unspecified atom stereocenters. The van der Waals surface area contributed by atoms with Gasteiger partial charge in [0.25, 0.3) is 11.8 Å². The third-order valence-electron chi connectivity index (χ3n) is 12.2. The summed E-state index contributed by atoms with van der Waals surface area (Å²) >= 11 is 1.16. The lowest BCUT2D eigenvalue weighted by Crippen LogP contribution is -2.66. The summed E-state index contributed by atoms with van der Waals surface area (Å²) < 4.78 is 6.07. The fraction of sp³-hybridized carbons (Fsp3) is 0.553. The molecule has 7 atom stereocenters. The summed E-state index contributed by atoms with van der Waals surface area (Å²) in [6.07, 6.45) is 0.521. The van der Waals surface area contributed by atoms with E-state index >= 15 is 0 Å². The van der Waals surface area contributed by atoms with E-state index in [1.54, 1.807) is 43.3 Å². The summed E-state index contributed by atoms with van der Waals surface area (Å²) in [6, 6.07) is 14.4. The van der Waals surface area contributed by atoms with Crippen LogP contribution < -0.4 is 21.7 Å². The van der Waals surface area contributed by atoms with Crippen LogP contribution in [0.5, 0.6) is 0 Å². The van der Waals surface area contributed by atoms with E-state index in [1.807, 2.05) is 98.1 Å². The summed E-state index contributed by atoms with van der Waals surface area (Å²) in [5.41, 5.74) is 7.31. The van der Waals surface area contributed by atoms with E-state index < -0.39 is 59.6 Å². The maximum Gasteiger partial charge on any atom is 0.306 e. The van der Waals surface area contributed by atoms with Gasteiger partial charge in [0.2, 0.25) is 11.8 Å². The molecule has 0 aliphatic heterocycles. The van der Waals surface area contributed by atoms with Crippen LogP contribution in [0.15, 0.2) is 60.0 Å². The number of anilines is 1. The van der Waals surface area contributed by atoms with Crippen molar-refractivity contribution in [2.24, 2.45) is 23.5 Å². The van der Waals surface area contributed by atoms with Gasteiger partial charge in [-0.15, -0.1) is 11.3 Å². The molecule has 0 aliphatic rings. The molecule has 0 aliphatic carbocycles. The molecule has 15 nitrogen and oxygen atoms in total. The zero-order valence-electron chi connectivity index (χ0n) is 39.1. The fourth-order valence-electron chi connectivity index (χ4n) is 7.18. The van der Waals surface area contributed by atoms with Crippen molar-refractivity contribution in [2.45, 2.75) is 130 Å². The second-order valence-electron chi connectivity index (χ2n) is 18.2. The number of hydrogen-bond donors (Lipinski definition) is 5. The molecule has 0 saturated heterocycles. The van der Waals surface area contributed by atoms with Crippen LogP contribution in [0.3, 0.4) is 0 Å². The Morgan fingerprint density at radius 2 is 1.54 bits per heavy atom. The van der Waals surface area contributed by atoms with Crippen molar-refractivity contribution >= 4 is 52.6 Å². The molecule has 63 heavy (non-hydrogen) atoms. The topological polar surface area (TPSA) is 210 Å². The smallest absolute Gasteiger partial charge is 0.306 e. The lowest BCUT2D eigenvalue weighted by Gasteiger charge is -2.44. The predicted octanol–water partition coefficient (Wildman–Crippen LogP) is 5.94.